The summed E-state index contributed by atoms with van der Waals surface area (Å²) in [5.41, 5.74) is 2.08. The molecule has 28 heavy (non-hydrogen) atoms. The molecule has 146 valence electrons. The van der Waals surface area contributed by atoms with Gasteiger partial charge in [0, 0.05) is 37.7 Å². The van der Waals surface area contributed by atoms with Gasteiger partial charge in [0.2, 0.25) is 5.91 Å². The number of carbonyl (C=O) groups is 2. The Morgan fingerprint density at radius 2 is 1.71 bits per heavy atom. The summed E-state index contributed by atoms with van der Waals surface area (Å²) in [6.07, 6.45) is 2.10. The monoisotopic (exact) mass is 378 g/mol. The highest BCUT2D eigenvalue weighted by Crippen LogP contribution is 2.27. The van der Waals surface area contributed by atoms with Crippen molar-refractivity contribution in [1.29, 1.82) is 0 Å². The van der Waals surface area contributed by atoms with Gasteiger partial charge in [0.15, 0.2) is 0 Å². The smallest absolute Gasteiger partial charge is 0.252 e. The molecule has 2 aliphatic heterocycles. The van der Waals surface area contributed by atoms with Gasteiger partial charge in [-0.25, -0.2) is 0 Å². The van der Waals surface area contributed by atoms with E-state index in [1.165, 1.54) is 5.56 Å². The second-order valence-corrected chi connectivity index (χ2v) is 7.56. The fourth-order valence-corrected chi connectivity index (χ4v) is 4.14. The third-order valence-corrected chi connectivity index (χ3v) is 5.69. The fraction of sp³-hybridized carbons (Fsp3) is 0.391. The first-order chi connectivity index (χ1) is 13.7. The van der Waals surface area contributed by atoms with Crippen LogP contribution in [-0.2, 0) is 20.7 Å². The van der Waals surface area contributed by atoms with Crippen LogP contribution in [0.2, 0.25) is 0 Å². The number of piperidine rings is 1. The highest BCUT2D eigenvalue weighted by atomic mass is 16.5. The third-order valence-electron chi connectivity index (χ3n) is 5.69. The SMILES string of the molecule is O=C(CCc1ccccc1)N1CC[C@@H]2OCC(=O)N(c3ccccc3)C[C@H]2C1. The summed E-state index contributed by atoms with van der Waals surface area (Å²) in [4.78, 5) is 29.1. The van der Waals surface area contributed by atoms with Crippen LogP contribution in [0, 0.1) is 5.92 Å². The number of aryl methyl sites for hydroxylation is 1. The molecule has 0 bridgehead atoms. The summed E-state index contributed by atoms with van der Waals surface area (Å²) in [5, 5.41) is 0. The lowest BCUT2D eigenvalue weighted by Gasteiger charge is -2.38. The lowest BCUT2D eigenvalue weighted by molar-refractivity contribution is -0.136. The predicted octanol–water partition coefficient (Wildman–Crippen LogP) is 2.90. The van der Waals surface area contributed by atoms with Crippen molar-refractivity contribution in [1.82, 2.24) is 4.90 Å². The van der Waals surface area contributed by atoms with E-state index in [2.05, 4.69) is 12.1 Å². The van der Waals surface area contributed by atoms with Crippen molar-refractivity contribution in [3.05, 3.63) is 66.2 Å². The number of nitrogens with zero attached hydrogens (tertiary/aromatic N) is 2. The lowest BCUT2D eigenvalue weighted by atomic mass is 9.93. The summed E-state index contributed by atoms with van der Waals surface area (Å²) in [6, 6.07) is 19.8. The highest BCUT2D eigenvalue weighted by molar-refractivity contribution is 5.94. The minimum Gasteiger partial charge on any atom is -0.368 e. The van der Waals surface area contributed by atoms with E-state index in [9.17, 15) is 9.59 Å². The number of anilines is 1. The van der Waals surface area contributed by atoms with Crippen LogP contribution in [0.3, 0.4) is 0 Å². The minimum absolute atomic E-state index is 0.0115. The van der Waals surface area contributed by atoms with E-state index in [-0.39, 0.29) is 30.4 Å². The van der Waals surface area contributed by atoms with Gasteiger partial charge in [0.25, 0.3) is 5.91 Å². The number of benzene rings is 2. The molecule has 0 spiro atoms. The largest absolute Gasteiger partial charge is 0.368 e. The van der Waals surface area contributed by atoms with E-state index in [1.54, 1.807) is 0 Å². The van der Waals surface area contributed by atoms with Crippen LogP contribution in [-0.4, -0.2) is 49.1 Å². The van der Waals surface area contributed by atoms with Gasteiger partial charge in [-0.1, -0.05) is 48.5 Å². The zero-order chi connectivity index (χ0) is 19.3. The molecular weight excluding hydrogens is 352 g/mol. The maximum Gasteiger partial charge on any atom is 0.252 e. The van der Waals surface area contributed by atoms with Crippen LogP contribution in [0.5, 0.6) is 0 Å². The molecule has 4 rings (SSSR count). The van der Waals surface area contributed by atoms with Gasteiger partial charge < -0.3 is 14.5 Å². The van der Waals surface area contributed by atoms with Crippen LogP contribution in [0.15, 0.2) is 60.7 Å². The Morgan fingerprint density at radius 1 is 1.00 bits per heavy atom. The first-order valence-electron chi connectivity index (χ1n) is 9.99. The second-order valence-electron chi connectivity index (χ2n) is 7.56. The molecule has 2 aromatic carbocycles. The van der Waals surface area contributed by atoms with Crippen molar-refractivity contribution in [3.8, 4) is 0 Å². The third kappa shape index (κ3) is 4.25. The minimum atomic E-state index is -0.0115. The molecule has 0 radical (unpaired) electrons. The molecule has 0 unspecified atom stereocenters. The van der Waals surface area contributed by atoms with Gasteiger partial charge in [-0.15, -0.1) is 0 Å². The molecular formula is C23H26N2O3. The van der Waals surface area contributed by atoms with Gasteiger partial charge in [-0.2, -0.15) is 0 Å². The number of hydrogen-bond acceptors (Lipinski definition) is 3. The standard InChI is InChI=1S/C23H26N2O3/c26-22(12-11-18-7-3-1-4-8-18)24-14-13-21-19(15-24)16-25(23(27)17-28-21)20-9-5-2-6-10-20/h1-10,19,21H,11-17H2/t19-,21+/m1/s1. The highest BCUT2D eigenvalue weighted by Gasteiger charge is 2.37. The Bertz CT molecular complexity index is 809. The molecule has 0 aliphatic carbocycles. The zero-order valence-corrected chi connectivity index (χ0v) is 16.0. The molecule has 0 aromatic heterocycles. The molecule has 5 heteroatoms. The maximum absolute atomic E-state index is 12.8. The molecule has 2 atom stereocenters. The Balaban J connectivity index is 1.40. The molecule has 2 aliphatic rings. The predicted molar refractivity (Wildman–Crippen MR) is 108 cm³/mol. The molecule has 2 aromatic rings. The topological polar surface area (TPSA) is 49.9 Å². The van der Waals surface area contributed by atoms with Gasteiger partial charge in [0.1, 0.15) is 6.61 Å². The number of rotatable bonds is 4. The molecule has 0 saturated carbocycles. The number of amides is 2. The Hall–Kier alpha value is -2.66. The van der Waals surface area contributed by atoms with Crippen molar-refractivity contribution >= 4 is 17.5 Å². The van der Waals surface area contributed by atoms with Crippen molar-refractivity contribution in [2.24, 2.45) is 5.92 Å². The van der Waals surface area contributed by atoms with Crippen LogP contribution in [0.1, 0.15) is 18.4 Å². The summed E-state index contributed by atoms with van der Waals surface area (Å²) < 4.78 is 5.90. The number of carbonyl (C=O) groups excluding carboxylic acids is 2. The first kappa shape index (κ1) is 18.7. The molecule has 5 nitrogen and oxygen atoms in total. The Labute approximate surface area is 165 Å². The summed E-state index contributed by atoms with van der Waals surface area (Å²) in [5.74, 6) is 0.313. The number of likely N-dealkylation sites (tertiary alicyclic amines) is 1. The van der Waals surface area contributed by atoms with E-state index in [1.807, 2.05) is 58.3 Å². The van der Waals surface area contributed by atoms with Crippen molar-refractivity contribution in [2.75, 3.05) is 31.1 Å². The van der Waals surface area contributed by atoms with E-state index in [0.717, 1.165) is 18.5 Å². The van der Waals surface area contributed by atoms with Crippen molar-refractivity contribution in [2.45, 2.75) is 25.4 Å². The molecule has 2 fully saturated rings. The van der Waals surface area contributed by atoms with Crippen LogP contribution < -0.4 is 4.90 Å². The number of fused-ring (bicyclic) bond motifs is 1. The first-order valence-corrected chi connectivity index (χ1v) is 9.99. The fourth-order valence-electron chi connectivity index (χ4n) is 4.14. The number of hydrogen-bond donors (Lipinski definition) is 0. The average molecular weight is 378 g/mol. The van der Waals surface area contributed by atoms with Gasteiger partial charge in [-0.3, -0.25) is 9.59 Å². The van der Waals surface area contributed by atoms with Gasteiger partial charge in [-0.05, 0) is 30.5 Å². The maximum atomic E-state index is 12.8. The van der Waals surface area contributed by atoms with E-state index < -0.39 is 0 Å². The second kappa shape index (κ2) is 8.57. The van der Waals surface area contributed by atoms with Crippen LogP contribution in [0.4, 0.5) is 5.69 Å². The lowest BCUT2D eigenvalue weighted by Crippen LogP contribution is -2.49. The normalized spacial score (nSPS) is 22.5. The van der Waals surface area contributed by atoms with E-state index in [4.69, 9.17) is 4.74 Å². The average Bonchev–Trinajstić information content (AvgIpc) is 2.92. The molecule has 2 amide bonds. The van der Waals surface area contributed by atoms with E-state index >= 15 is 0 Å². The number of para-hydroxylation sites is 1. The Morgan fingerprint density at radius 3 is 2.46 bits per heavy atom. The number of ether oxygens (including phenoxy) is 1. The summed E-state index contributed by atoms with van der Waals surface area (Å²) >= 11 is 0. The molecule has 2 saturated heterocycles. The molecule has 2 heterocycles. The molecule has 0 N–H and O–H groups in total. The van der Waals surface area contributed by atoms with Gasteiger partial charge >= 0.3 is 0 Å². The van der Waals surface area contributed by atoms with Crippen LogP contribution >= 0.6 is 0 Å². The summed E-state index contributed by atoms with van der Waals surface area (Å²) in [7, 11) is 0. The van der Waals surface area contributed by atoms with E-state index in [0.29, 0.717) is 26.1 Å². The summed E-state index contributed by atoms with van der Waals surface area (Å²) in [6.45, 7) is 2.05. The van der Waals surface area contributed by atoms with Crippen LogP contribution in [0.25, 0.3) is 0 Å². The Kier molecular flexibility index (Phi) is 5.72. The van der Waals surface area contributed by atoms with Gasteiger partial charge in [0.05, 0.1) is 6.10 Å². The van der Waals surface area contributed by atoms with Crippen molar-refractivity contribution < 1.29 is 14.3 Å². The zero-order valence-electron chi connectivity index (χ0n) is 16.0. The quantitative estimate of drug-likeness (QED) is 0.822. The van der Waals surface area contributed by atoms with Crippen molar-refractivity contribution in [3.63, 3.8) is 0 Å².